The maximum absolute atomic E-state index is 5.86. The molecule has 2 rings (SSSR count). The molecule has 0 bridgehead atoms. The van der Waals surface area contributed by atoms with Gasteiger partial charge >= 0.3 is 0 Å². The largest absolute Gasteiger partial charge is 0.324 e. The Labute approximate surface area is 107 Å². The number of hydrogen-bond acceptors (Lipinski definition) is 4. The molecule has 0 aliphatic carbocycles. The molecule has 94 valence electrons. The van der Waals surface area contributed by atoms with E-state index in [4.69, 9.17) is 5.73 Å². The van der Waals surface area contributed by atoms with E-state index in [0.717, 1.165) is 28.9 Å². The smallest absolute Gasteiger partial charge is 0.178 e. The third-order valence-corrected chi connectivity index (χ3v) is 2.99. The van der Waals surface area contributed by atoms with Gasteiger partial charge in [-0.1, -0.05) is 13.0 Å². The standard InChI is InChI=1S/C14H18N4/c1-4-11-6-5-7-16-13(11)14-17-8-12(9(2)15)10(3)18-14/h5-9H,4,15H2,1-3H3/t9-/m1/s1. The Hall–Kier alpha value is -1.81. The highest BCUT2D eigenvalue weighted by molar-refractivity contribution is 5.54. The highest BCUT2D eigenvalue weighted by Gasteiger charge is 2.11. The molecule has 18 heavy (non-hydrogen) atoms. The van der Waals surface area contributed by atoms with E-state index in [1.165, 1.54) is 0 Å². The van der Waals surface area contributed by atoms with Gasteiger partial charge in [0.2, 0.25) is 0 Å². The van der Waals surface area contributed by atoms with Crippen molar-refractivity contribution >= 4 is 0 Å². The Kier molecular flexibility index (Phi) is 3.67. The zero-order valence-corrected chi connectivity index (χ0v) is 11.0. The van der Waals surface area contributed by atoms with E-state index < -0.39 is 0 Å². The Balaban J connectivity index is 2.49. The van der Waals surface area contributed by atoms with Gasteiger partial charge in [-0.15, -0.1) is 0 Å². The summed E-state index contributed by atoms with van der Waals surface area (Å²) in [4.78, 5) is 13.3. The van der Waals surface area contributed by atoms with Gasteiger partial charge < -0.3 is 5.73 Å². The van der Waals surface area contributed by atoms with E-state index in [2.05, 4.69) is 27.9 Å². The number of rotatable bonds is 3. The van der Waals surface area contributed by atoms with E-state index in [1.807, 2.05) is 19.9 Å². The average molecular weight is 242 g/mol. The van der Waals surface area contributed by atoms with Crippen molar-refractivity contribution in [1.82, 2.24) is 15.0 Å². The van der Waals surface area contributed by atoms with Crippen LogP contribution in [0.3, 0.4) is 0 Å². The predicted molar refractivity (Wildman–Crippen MR) is 72.0 cm³/mol. The first-order valence-electron chi connectivity index (χ1n) is 6.16. The molecule has 0 aliphatic heterocycles. The molecular formula is C14H18N4. The van der Waals surface area contributed by atoms with Crippen LogP contribution in [0.2, 0.25) is 0 Å². The molecule has 0 aliphatic rings. The van der Waals surface area contributed by atoms with Crippen LogP contribution in [0.15, 0.2) is 24.5 Å². The first-order chi connectivity index (χ1) is 8.63. The van der Waals surface area contributed by atoms with E-state index >= 15 is 0 Å². The number of aromatic nitrogens is 3. The van der Waals surface area contributed by atoms with Crippen LogP contribution in [-0.2, 0) is 6.42 Å². The van der Waals surface area contributed by atoms with E-state index in [1.54, 1.807) is 12.4 Å². The predicted octanol–water partition coefficient (Wildman–Crippen LogP) is 2.43. The van der Waals surface area contributed by atoms with Crippen LogP contribution in [0.4, 0.5) is 0 Å². The minimum atomic E-state index is -0.0478. The molecule has 2 N–H and O–H groups in total. The fourth-order valence-electron chi connectivity index (χ4n) is 1.96. The molecule has 0 saturated carbocycles. The molecule has 0 saturated heterocycles. The lowest BCUT2D eigenvalue weighted by Crippen LogP contribution is -2.10. The van der Waals surface area contributed by atoms with E-state index in [9.17, 15) is 0 Å². The number of nitrogens with two attached hydrogens (primary N) is 1. The van der Waals surface area contributed by atoms with Crippen LogP contribution in [0.1, 0.15) is 36.7 Å². The molecule has 0 unspecified atom stereocenters. The molecule has 0 amide bonds. The zero-order chi connectivity index (χ0) is 13.1. The summed E-state index contributed by atoms with van der Waals surface area (Å²) in [6.45, 7) is 5.99. The lowest BCUT2D eigenvalue weighted by molar-refractivity contribution is 0.789. The quantitative estimate of drug-likeness (QED) is 0.897. The Morgan fingerprint density at radius 3 is 2.72 bits per heavy atom. The molecule has 0 spiro atoms. The van der Waals surface area contributed by atoms with Gasteiger partial charge in [0.05, 0.1) is 0 Å². The summed E-state index contributed by atoms with van der Waals surface area (Å²) in [5, 5.41) is 0. The molecule has 2 aromatic rings. The monoisotopic (exact) mass is 242 g/mol. The van der Waals surface area contributed by atoms with Crippen molar-refractivity contribution in [3.8, 4) is 11.5 Å². The Morgan fingerprint density at radius 2 is 2.11 bits per heavy atom. The maximum atomic E-state index is 5.86. The second-order valence-electron chi connectivity index (χ2n) is 4.39. The van der Waals surface area contributed by atoms with Crippen molar-refractivity contribution < 1.29 is 0 Å². The van der Waals surface area contributed by atoms with Crippen molar-refractivity contribution in [2.45, 2.75) is 33.2 Å². The van der Waals surface area contributed by atoms with Gasteiger partial charge in [-0.3, -0.25) is 4.98 Å². The number of hydrogen-bond donors (Lipinski definition) is 1. The van der Waals surface area contributed by atoms with Crippen molar-refractivity contribution in [3.63, 3.8) is 0 Å². The topological polar surface area (TPSA) is 64.7 Å². The Morgan fingerprint density at radius 1 is 1.33 bits per heavy atom. The van der Waals surface area contributed by atoms with Gasteiger partial charge in [-0.25, -0.2) is 9.97 Å². The minimum absolute atomic E-state index is 0.0478. The minimum Gasteiger partial charge on any atom is -0.324 e. The van der Waals surface area contributed by atoms with Crippen LogP contribution in [0.25, 0.3) is 11.5 Å². The van der Waals surface area contributed by atoms with Gasteiger partial charge in [0.25, 0.3) is 0 Å². The molecular weight excluding hydrogens is 224 g/mol. The van der Waals surface area contributed by atoms with Crippen LogP contribution in [0, 0.1) is 6.92 Å². The number of aryl methyl sites for hydroxylation is 2. The molecule has 0 radical (unpaired) electrons. The highest BCUT2D eigenvalue weighted by atomic mass is 14.9. The number of pyridine rings is 1. The first-order valence-corrected chi connectivity index (χ1v) is 6.16. The van der Waals surface area contributed by atoms with Crippen LogP contribution >= 0.6 is 0 Å². The molecule has 4 nitrogen and oxygen atoms in total. The highest BCUT2D eigenvalue weighted by Crippen LogP contribution is 2.20. The second-order valence-corrected chi connectivity index (χ2v) is 4.39. The van der Waals surface area contributed by atoms with Crippen molar-refractivity contribution in [2.24, 2.45) is 5.73 Å². The van der Waals surface area contributed by atoms with Gasteiger partial charge in [-0.05, 0) is 31.9 Å². The van der Waals surface area contributed by atoms with Gasteiger partial charge in [0, 0.05) is 29.7 Å². The van der Waals surface area contributed by atoms with E-state index in [0.29, 0.717) is 5.82 Å². The summed E-state index contributed by atoms with van der Waals surface area (Å²) >= 11 is 0. The fraction of sp³-hybridized carbons (Fsp3) is 0.357. The third-order valence-electron chi connectivity index (χ3n) is 2.99. The van der Waals surface area contributed by atoms with Gasteiger partial charge in [0.15, 0.2) is 5.82 Å². The SMILES string of the molecule is CCc1cccnc1-c1ncc([C@@H](C)N)c(C)n1. The van der Waals surface area contributed by atoms with Crippen molar-refractivity contribution in [2.75, 3.05) is 0 Å². The summed E-state index contributed by atoms with van der Waals surface area (Å²) in [5.41, 5.74) is 9.78. The first kappa shape index (κ1) is 12.6. The summed E-state index contributed by atoms with van der Waals surface area (Å²) in [6, 6.07) is 3.94. The average Bonchev–Trinajstić information content (AvgIpc) is 2.38. The summed E-state index contributed by atoms with van der Waals surface area (Å²) in [5.74, 6) is 0.675. The number of nitrogens with zero attached hydrogens (tertiary/aromatic N) is 3. The van der Waals surface area contributed by atoms with Gasteiger partial charge in [0.1, 0.15) is 5.69 Å². The molecule has 4 heteroatoms. The summed E-state index contributed by atoms with van der Waals surface area (Å²) < 4.78 is 0. The lowest BCUT2D eigenvalue weighted by atomic mass is 10.1. The molecule has 0 fully saturated rings. The van der Waals surface area contributed by atoms with Gasteiger partial charge in [-0.2, -0.15) is 0 Å². The molecule has 1 atom stereocenters. The Bertz CT molecular complexity index is 549. The van der Waals surface area contributed by atoms with Crippen LogP contribution in [0.5, 0.6) is 0 Å². The lowest BCUT2D eigenvalue weighted by Gasteiger charge is -2.10. The summed E-state index contributed by atoms with van der Waals surface area (Å²) in [6.07, 6.45) is 4.49. The van der Waals surface area contributed by atoms with Crippen LogP contribution < -0.4 is 5.73 Å². The maximum Gasteiger partial charge on any atom is 0.178 e. The summed E-state index contributed by atoms with van der Waals surface area (Å²) in [7, 11) is 0. The van der Waals surface area contributed by atoms with E-state index in [-0.39, 0.29) is 6.04 Å². The van der Waals surface area contributed by atoms with Crippen LogP contribution in [-0.4, -0.2) is 15.0 Å². The second kappa shape index (κ2) is 5.23. The fourth-order valence-corrected chi connectivity index (χ4v) is 1.96. The zero-order valence-electron chi connectivity index (χ0n) is 11.0. The van der Waals surface area contributed by atoms with Crippen molar-refractivity contribution in [3.05, 3.63) is 41.3 Å². The molecule has 2 aromatic heterocycles. The normalized spacial score (nSPS) is 12.4. The molecule has 2 heterocycles. The van der Waals surface area contributed by atoms with Crippen molar-refractivity contribution in [1.29, 1.82) is 0 Å². The molecule has 0 aromatic carbocycles. The third kappa shape index (κ3) is 2.38.